The number of rotatable bonds is 4. The van der Waals surface area contributed by atoms with Gasteiger partial charge in [0.05, 0.1) is 12.5 Å². The molecule has 2 aromatic carbocycles. The van der Waals surface area contributed by atoms with E-state index in [1.807, 2.05) is 42.5 Å². The number of hydrogen-bond acceptors (Lipinski definition) is 1. The highest BCUT2D eigenvalue weighted by atomic mass is 35.5. The second kappa shape index (κ2) is 6.31. The highest BCUT2D eigenvalue weighted by molar-refractivity contribution is 6.30. The Hall–Kier alpha value is -1.18. The lowest BCUT2D eigenvalue weighted by Crippen LogP contribution is -1.98. The van der Waals surface area contributed by atoms with Gasteiger partial charge in [-0.3, -0.25) is 0 Å². The number of alkyl halides is 1. The molecule has 2 rings (SSSR count). The summed E-state index contributed by atoms with van der Waals surface area (Å²) < 4.78 is 5.14. The molecule has 1 unspecified atom stereocenters. The lowest BCUT2D eigenvalue weighted by Gasteiger charge is -2.13. The summed E-state index contributed by atoms with van der Waals surface area (Å²) in [5.74, 6) is 0.855. The summed E-state index contributed by atoms with van der Waals surface area (Å²) in [5, 5.41) is 0.646. The van der Waals surface area contributed by atoms with E-state index >= 15 is 0 Å². The summed E-state index contributed by atoms with van der Waals surface area (Å²) in [4.78, 5) is 0. The Morgan fingerprint density at radius 3 is 2.42 bits per heavy atom. The summed E-state index contributed by atoms with van der Waals surface area (Å²) in [6.07, 6.45) is 0.771. The van der Waals surface area contributed by atoms with Gasteiger partial charge in [-0.1, -0.05) is 29.8 Å². The molecule has 0 heterocycles. The van der Waals surface area contributed by atoms with Crippen molar-refractivity contribution in [3.05, 3.63) is 64.2 Å². The Morgan fingerprint density at radius 2 is 1.79 bits per heavy atom. The molecule has 0 N–H and O–H groups in total. The number of hydrogen-bond donors (Lipinski definition) is 0. The van der Waals surface area contributed by atoms with Crippen LogP contribution in [0.1, 0.15) is 22.1 Å². The maximum absolute atomic E-state index is 6.50. The molecule has 100 valence electrons. The van der Waals surface area contributed by atoms with Gasteiger partial charge in [-0.2, -0.15) is 0 Å². The second-order valence-electron chi connectivity index (χ2n) is 4.52. The predicted molar refractivity (Wildman–Crippen MR) is 81.5 cm³/mol. The third kappa shape index (κ3) is 3.65. The van der Waals surface area contributed by atoms with Crippen molar-refractivity contribution in [1.29, 1.82) is 0 Å². The van der Waals surface area contributed by atoms with Crippen molar-refractivity contribution < 1.29 is 4.74 Å². The maximum atomic E-state index is 6.50. The Bertz CT molecular complexity index is 549. The smallest absolute Gasteiger partial charge is 0.118 e. The van der Waals surface area contributed by atoms with Crippen LogP contribution in [-0.2, 0) is 6.42 Å². The standard InChI is InChI=1S/C16H16Cl2O/c1-11-3-6-13(17)10-15(11)16(18)9-12-4-7-14(19-2)8-5-12/h3-8,10,16H,9H2,1-2H3. The minimum atomic E-state index is -0.0768. The highest BCUT2D eigenvalue weighted by Gasteiger charge is 2.12. The van der Waals surface area contributed by atoms with E-state index in [4.69, 9.17) is 27.9 Å². The van der Waals surface area contributed by atoms with Crippen LogP contribution in [0.3, 0.4) is 0 Å². The predicted octanol–water partition coefficient (Wildman–Crippen LogP) is 5.18. The Morgan fingerprint density at radius 1 is 1.11 bits per heavy atom. The molecular weight excluding hydrogens is 279 g/mol. The number of aryl methyl sites for hydroxylation is 1. The lowest BCUT2D eigenvalue weighted by atomic mass is 10.00. The lowest BCUT2D eigenvalue weighted by molar-refractivity contribution is 0.414. The molecule has 0 aliphatic rings. The summed E-state index contributed by atoms with van der Waals surface area (Å²) in [6.45, 7) is 2.05. The topological polar surface area (TPSA) is 9.23 Å². The Labute approximate surface area is 124 Å². The van der Waals surface area contributed by atoms with Crippen molar-refractivity contribution >= 4 is 23.2 Å². The molecule has 0 aliphatic carbocycles. The maximum Gasteiger partial charge on any atom is 0.118 e. The highest BCUT2D eigenvalue weighted by Crippen LogP contribution is 2.30. The van der Waals surface area contributed by atoms with Gasteiger partial charge in [0.15, 0.2) is 0 Å². The number of benzene rings is 2. The van der Waals surface area contributed by atoms with Crippen molar-refractivity contribution in [2.24, 2.45) is 0 Å². The summed E-state index contributed by atoms with van der Waals surface area (Å²) in [5.41, 5.74) is 3.43. The first kappa shape index (κ1) is 14.2. The van der Waals surface area contributed by atoms with Crippen LogP contribution in [0.15, 0.2) is 42.5 Å². The summed E-state index contributed by atoms with van der Waals surface area (Å²) in [6, 6.07) is 13.8. The normalized spacial score (nSPS) is 12.2. The molecule has 0 saturated heterocycles. The van der Waals surface area contributed by atoms with E-state index in [0.29, 0.717) is 0 Å². The number of ether oxygens (including phenoxy) is 1. The molecule has 1 nitrogen and oxygen atoms in total. The first-order valence-electron chi connectivity index (χ1n) is 6.13. The van der Waals surface area contributed by atoms with Gasteiger partial charge in [-0.15, -0.1) is 11.6 Å². The van der Waals surface area contributed by atoms with Gasteiger partial charge in [0.2, 0.25) is 0 Å². The Kier molecular flexibility index (Phi) is 4.73. The van der Waals surface area contributed by atoms with Crippen molar-refractivity contribution in [2.45, 2.75) is 18.7 Å². The molecule has 0 amide bonds. The average Bonchev–Trinajstić information content (AvgIpc) is 2.42. The molecule has 0 fully saturated rings. The monoisotopic (exact) mass is 294 g/mol. The average molecular weight is 295 g/mol. The third-order valence-corrected chi connectivity index (χ3v) is 3.78. The van der Waals surface area contributed by atoms with E-state index in [-0.39, 0.29) is 5.38 Å². The molecule has 0 aliphatic heterocycles. The largest absolute Gasteiger partial charge is 0.497 e. The first-order chi connectivity index (χ1) is 9.10. The SMILES string of the molecule is COc1ccc(CC(Cl)c2cc(Cl)ccc2C)cc1. The van der Waals surface area contributed by atoms with Gasteiger partial charge < -0.3 is 4.74 Å². The summed E-state index contributed by atoms with van der Waals surface area (Å²) >= 11 is 12.5. The van der Waals surface area contributed by atoms with E-state index < -0.39 is 0 Å². The fourth-order valence-corrected chi connectivity index (χ4v) is 2.62. The van der Waals surface area contributed by atoms with Crippen molar-refractivity contribution in [3.8, 4) is 5.75 Å². The van der Waals surface area contributed by atoms with Crippen LogP contribution < -0.4 is 4.74 Å². The quantitative estimate of drug-likeness (QED) is 0.706. The van der Waals surface area contributed by atoms with E-state index in [9.17, 15) is 0 Å². The summed E-state index contributed by atoms with van der Waals surface area (Å²) in [7, 11) is 1.66. The molecule has 1 atom stereocenters. The van der Waals surface area contributed by atoms with Crippen LogP contribution in [0.25, 0.3) is 0 Å². The molecule has 0 bridgehead atoms. The van der Waals surface area contributed by atoms with Gasteiger partial charge in [0.25, 0.3) is 0 Å². The molecule has 19 heavy (non-hydrogen) atoms. The van der Waals surface area contributed by atoms with E-state index in [1.165, 1.54) is 5.56 Å². The van der Waals surface area contributed by atoms with Crippen molar-refractivity contribution in [2.75, 3.05) is 7.11 Å². The van der Waals surface area contributed by atoms with Crippen LogP contribution in [0, 0.1) is 6.92 Å². The first-order valence-corrected chi connectivity index (χ1v) is 6.94. The fraction of sp³-hybridized carbons (Fsp3) is 0.250. The second-order valence-corrected chi connectivity index (χ2v) is 5.48. The molecule has 0 saturated carbocycles. The van der Waals surface area contributed by atoms with Gasteiger partial charge in [0.1, 0.15) is 5.75 Å². The van der Waals surface area contributed by atoms with Gasteiger partial charge in [-0.25, -0.2) is 0 Å². The minimum Gasteiger partial charge on any atom is -0.497 e. The Balaban J connectivity index is 2.15. The molecule has 2 aromatic rings. The molecule has 0 aromatic heterocycles. The molecular formula is C16H16Cl2O. The number of halogens is 2. The molecule has 0 spiro atoms. The van der Waals surface area contributed by atoms with Gasteiger partial charge in [-0.05, 0) is 54.3 Å². The van der Waals surface area contributed by atoms with Gasteiger partial charge >= 0.3 is 0 Å². The van der Waals surface area contributed by atoms with E-state index in [2.05, 4.69) is 6.92 Å². The van der Waals surface area contributed by atoms with E-state index in [0.717, 1.165) is 28.3 Å². The van der Waals surface area contributed by atoms with E-state index in [1.54, 1.807) is 7.11 Å². The van der Waals surface area contributed by atoms with Crippen LogP contribution in [-0.4, -0.2) is 7.11 Å². The van der Waals surface area contributed by atoms with Crippen molar-refractivity contribution in [3.63, 3.8) is 0 Å². The number of methoxy groups -OCH3 is 1. The van der Waals surface area contributed by atoms with Crippen molar-refractivity contribution in [1.82, 2.24) is 0 Å². The molecule has 0 radical (unpaired) electrons. The van der Waals surface area contributed by atoms with Crippen LogP contribution in [0.5, 0.6) is 5.75 Å². The van der Waals surface area contributed by atoms with Crippen LogP contribution in [0.4, 0.5) is 0 Å². The third-order valence-electron chi connectivity index (χ3n) is 3.15. The zero-order valence-electron chi connectivity index (χ0n) is 11.0. The zero-order valence-corrected chi connectivity index (χ0v) is 12.5. The van der Waals surface area contributed by atoms with Crippen LogP contribution >= 0.6 is 23.2 Å². The van der Waals surface area contributed by atoms with Crippen LogP contribution in [0.2, 0.25) is 5.02 Å². The fourth-order valence-electron chi connectivity index (χ4n) is 2.03. The minimum absolute atomic E-state index is 0.0768. The molecule has 3 heteroatoms. The zero-order chi connectivity index (χ0) is 13.8. The van der Waals surface area contributed by atoms with Gasteiger partial charge in [0, 0.05) is 5.02 Å².